The van der Waals surface area contributed by atoms with Crippen LogP contribution < -0.4 is 15.4 Å². The Morgan fingerprint density at radius 2 is 2.08 bits per heavy atom. The first-order chi connectivity index (χ1) is 12.7. The number of nitrogens with one attached hydrogen (secondary N) is 2. The van der Waals surface area contributed by atoms with Gasteiger partial charge in [-0.1, -0.05) is 36.9 Å². The molecule has 0 aliphatic heterocycles. The highest BCUT2D eigenvalue weighted by atomic mass is 16.5. The topological polar surface area (TPSA) is 58.5 Å². The molecule has 2 aromatic rings. The molecule has 1 aromatic carbocycles. The molecule has 0 fully saturated rings. The molecule has 0 unspecified atom stereocenters. The second-order valence-corrected chi connectivity index (χ2v) is 5.89. The Morgan fingerprint density at radius 3 is 2.81 bits per heavy atom. The van der Waals surface area contributed by atoms with Crippen molar-refractivity contribution in [1.29, 1.82) is 0 Å². The van der Waals surface area contributed by atoms with E-state index >= 15 is 0 Å². The van der Waals surface area contributed by atoms with Gasteiger partial charge in [0.2, 0.25) is 0 Å². The predicted octanol–water partition coefficient (Wildman–Crippen LogP) is 3.25. The van der Waals surface area contributed by atoms with Crippen LogP contribution in [0, 0.1) is 6.92 Å². The Balaban J connectivity index is 1.93. The van der Waals surface area contributed by atoms with Gasteiger partial charge in [-0.05, 0) is 38.0 Å². The average molecular weight is 352 g/mol. The van der Waals surface area contributed by atoms with Crippen LogP contribution in [-0.2, 0) is 13.0 Å². The Kier molecular flexibility index (Phi) is 8.19. The van der Waals surface area contributed by atoms with Crippen molar-refractivity contribution in [2.75, 3.05) is 19.7 Å². The molecular formula is C21H28N4O. The van der Waals surface area contributed by atoms with E-state index in [0.29, 0.717) is 13.2 Å². The van der Waals surface area contributed by atoms with E-state index in [-0.39, 0.29) is 0 Å². The second kappa shape index (κ2) is 10.9. The lowest BCUT2D eigenvalue weighted by molar-refractivity contribution is 0.359. The fourth-order valence-electron chi connectivity index (χ4n) is 2.40. The van der Waals surface area contributed by atoms with E-state index in [1.807, 2.05) is 43.5 Å². The summed E-state index contributed by atoms with van der Waals surface area (Å²) in [6, 6.07) is 12.1. The summed E-state index contributed by atoms with van der Waals surface area (Å²) in [4.78, 5) is 9.00. The lowest BCUT2D eigenvalue weighted by Crippen LogP contribution is -2.38. The highest BCUT2D eigenvalue weighted by Crippen LogP contribution is 2.18. The summed E-state index contributed by atoms with van der Waals surface area (Å²) in [5.41, 5.74) is 3.30. The first-order valence-corrected chi connectivity index (χ1v) is 8.98. The molecule has 0 aliphatic rings. The number of nitrogens with zero attached hydrogens (tertiary/aromatic N) is 2. The lowest BCUT2D eigenvalue weighted by atomic mass is 10.2. The number of guanidine groups is 1. The molecule has 0 spiro atoms. The minimum absolute atomic E-state index is 0.490. The van der Waals surface area contributed by atoms with Crippen LogP contribution in [0.15, 0.2) is 60.2 Å². The van der Waals surface area contributed by atoms with Crippen molar-refractivity contribution in [3.05, 3.63) is 72.1 Å². The van der Waals surface area contributed by atoms with Crippen molar-refractivity contribution >= 4 is 5.96 Å². The van der Waals surface area contributed by atoms with E-state index in [2.05, 4.69) is 40.2 Å². The van der Waals surface area contributed by atoms with Crippen molar-refractivity contribution < 1.29 is 4.74 Å². The number of ether oxygens (including phenoxy) is 1. The monoisotopic (exact) mass is 352 g/mol. The summed E-state index contributed by atoms with van der Waals surface area (Å²) >= 11 is 0. The van der Waals surface area contributed by atoms with Crippen molar-refractivity contribution in [3.8, 4) is 5.75 Å². The highest BCUT2D eigenvalue weighted by molar-refractivity contribution is 5.79. The van der Waals surface area contributed by atoms with Gasteiger partial charge in [-0.3, -0.25) is 4.98 Å². The first kappa shape index (κ1) is 19.5. The molecule has 0 radical (unpaired) electrons. The summed E-state index contributed by atoms with van der Waals surface area (Å²) in [6.07, 6.45) is 4.57. The Morgan fingerprint density at radius 1 is 1.23 bits per heavy atom. The van der Waals surface area contributed by atoms with Crippen LogP contribution in [0.25, 0.3) is 0 Å². The van der Waals surface area contributed by atoms with Crippen LogP contribution in [0.5, 0.6) is 5.75 Å². The number of hydrogen-bond acceptors (Lipinski definition) is 3. The van der Waals surface area contributed by atoms with E-state index in [4.69, 9.17) is 4.74 Å². The molecule has 0 saturated carbocycles. The van der Waals surface area contributed by atoms with Crippen LogP contribution in [0.2, 0.25) is 0 Å². The summed E-state index contributed by atoms with van der Waals surface area (Å²) in [7, 11) is 0. The zero-order chi connectivity index (χ0) is 18.6. The SMILES string of the molecule is C=CCOc1ccccc1CN=C(NCC)NCCc1ccc(C)nc1. The Hall–Kier alpha value is -2.82. The predicted molar refractivity (Wildman–Crippen MR) is 108 cm³/mol. The minimum atomic E-state index is 0.490. The molecule has 26 heavy (non-hydrogen) atoms. The molecule has 0 bridgehead atoms. The van der Waals surface area contributed by atoms with Gasteiger partial charge < -0.3 is 15.4 Å². The quantitative estimate of drug-likeness (QED) is 0.413. The van der Waals surface area contributed by atoms with Crippen molar-refractivity contribution in [2.45, 2.75) is 26.8 Å². The normalized spacial score (nSPS) is 11.1. The van der Waals surface area contributed by atoms with Crippen LogP contribution in [-0.4, -0.2) is 30.6 Å². The van der Waals surface area contributed by atoms with Gasteiger partial charge in [-0.2, -0.15) is 0 Å². The van der Waals surface area contributed by atoms with E-state index in [0.717, 1.165) is 42.5 Å². The number of aromatic nitrogens is 1. The van der Waals surface area contributed by atoms with E-state index in [9.17, 15) is 0 Å². The fraction of sp³-hybridized carbons (Fsp3) is 0.333. The molecule has 5 heteroatoms. The van der Waals surface area contributed by atoms with E-state index in [1.54, 1.807) is 6.08 Å². The van der Waals surface area contributed by atoms with Gasteiger partial charge >= 0.3 is 0 Å². The summed E-state index contributed by atoms with van der Waals surface area (Å²) in [5.74, 6) is 1.64. The maximum absolute atomic E-state index is 5.69. The summed E-state index contributed by atoms with van der Waals surface area (Å²) < 4.78 is 5.69. The zero-order valence-corrected chi connectivity index (χ0v) is 15.7. The van der Waals surface area contributed by atoms with Gasteiger partial charge in [0.25, 0.3) is 0 Å². The lowest BCUT2D eigenvalue weighted by Gasteiger charge is -2.12. The molecule has 0 atom stereocenters. The van der Waals surface area contributed by atoms with E-state index in [1.165, 1.54) is 5.56 Å². The third kappa shape index (κ3) is 6.59. The van der Waals surface area contributed by atoms with Crippen molar-refractivity contribution in [1.82, 2.24) is 15.6 Å². The largest absolute Gasteiger partial charge is 0.489 e. The smallest absolute Gasteiger partial charge is 0.191 e. The molecule has 2 rings (SSSR count). The van der Waals surface area contributed by atoms with Gasteiger partial charge in [-0.15, -0.1) is 0 Å². The highest BCUT2D eigenvalue weighted by Gasteiger charge is 2.03. The summed E-state index contributed by atoms with van der Waals surface area (Å²) in [6.45, 7) is 10.4. The molecule has 5 nitrogen and oxygen atoms in total. The zero-order valence-electron chi connectivity index (χ0n) is 15.7. The average Bonchev–Trinajstić information content (AvgIpc) is 2.66. The molecule has 2 N–H and O–H groups in total. The maximum atomic E-state index is 5.69. The van der Waals surface area contributed by atoms with Crippen LogP contribution in [0.1, 0.15) is 23.7 Å². The molecular weight excluding hydrogens is 324 g/mol. The number of aliphatic imine (C=N–C) groups is 1. The number of pyridine rings is 1. The van der Waals surface area contributed by atoms with E-state index < -0.39 is 0 Å². The minimum Gasteiger partial charge on any atom is -0.489 e. The first-order valence-electron chi connectivity index (χ1n) is 8.98. The number of hydrogen-bond donors (Lipinski definition) is 2. The van der Waals surface area contributed by atoms with Gasteiger partial charge in [-0.25, -0.2) is 4.99 Å². The fourth-order valence-corrected chi connectivity index (χ4v) is 2.40. The van der Waals surface area contributed by atoms with Gasteiger partial charge in [0.1, 0.15) is 12.4 Å². The molecule has 138 valence electrons. The van der Waals surface area contributed by atoms with Crippen LogP contribution >= 0.6 is 0 Å². The maximum Gasteiger partial charge on any atom is 0.191 e. The Bertz CT molecular complexity index is 710. The number of para-hydroxylation sites is 1. The standard InChI is InChI=1S/C21H28N4O/c1-4-14-26-20-9-7-6-8-19(20)16-25-21(22-5-2)23-13-12-18-11-10-17(3)24-15-18/h4,6-11,15H,1,5,12-14,16H2,2-3H3,(H2,22,23,25). The molecule has 1 aromatic heterocycles. The van der Waals surface area contributed by atoms with Crippen LogP contribution in [0.3, 0.4) is 0 Å². The Labute approximate surface area is 156 Å². The van der Waals surface area contributed by atoms with Crippen molar-refractivity contribution in [3.63, 3.8) is 0 Å². The van der Waals surface area contributed by atoms with Gasteiger partial charge in [0.15, 0.2) is 5.96 Å². The van der Waals surface area contributed by atoms with Crippen LogP contribution in [0.4, 0.5) is 0 Å². The van der Waals surface area contributed by atoms with Gasteiger partial charge in [0, 0.05) is 30.5 Å². The molecule has 0 aliphatic carbocycles. The number of rotatable bonds is 9. The third-order valence-corrected chi connectivity index (χ3v) is 3.76. The summed E-state index contributed by atoms with van der Waals surface area (Å²) in [5, 5.41) is 6.65. The van der Waals surface area contributed by atoms with Gasteiger partial charge in [0.05, 0.1) is 6.54 Å². The molecule has 1 heterocycles. The molecule has 0 saturated heterocycles. The van der Waals surface area contributed by atoms with Crippen molar-refractivity contribution in [2.24, 2.45) is 4.99 Å². The molecule has 0 amide bonds. The third-order valence-electron chi connectivity index (χ3n) is 3.76. The number of aryl methyl sites for hydroxylation is 1. The second-order valence-electron chi connectivity index (χ2n) is 5.89. The number of benzene rings is 1.